The molecule has 0 aliphatic rings. The summed E-state index contributed by atoms with van der Waals surface area (Å²) in [6.07, 6.45) is 3.08. The highest BCUT2D eigenvalue weighted by molar-refractivity contribution is 5.85. The maximum absolute atomic E-state index is 11.4. The van der Waals surface area contributed by atoms with Crippen molar-refractivity contribution in [3.8, 4) is 0 Å². The van der Waals surface area contributed by atoms with E-state index in [-0.39, 0.29) is 5.63 Å². The number of fused-ring (bicyclic) bond motifs is 1. The molecule has 0 amide bonds. The highest BCUT2D eigenvalue weighted by Crippen LogP contribution is 2.25. The summed E-state index contributed by atoms with van der Waals surface area (Å²) in [5, 5.41) is 1.08. The molecule has 0 atom stereocenters. The Morgan fingerprint density at radius 2 is 1.94 bits per heavy atom. The average Bonchev–Trinajstić information content (AvgIpc) is 2.27. The molecule has 94 valence electrons. The van der Waals surface area contributed by atoms with Gasteiger partial charge in [-0.1, -0.05) is 17.7 Å². The molecule has 0 bridgehead atoms. The molecular weight excluding hydrogens is 224 g/mol. The molecular formula is C16H18O2. The lowest BCUT2D eigenvalue weighted by atomic mass is 9.97. The summed E-state index contributed by atoms with van der Waals surface area (Å²) in [4.78, 5) is 11.4. The first kappa shape index (κ1) is 12.6. The quantitative estimate of drug-likeness (QED) is 0.590. The van der Waals surface area contributed by atoms with Crippen LogP contribution in [0, 0.1) is 13.8 Å². The summed E-state index contributed by atoms with van der Waals surface area (Å²) in [6, 6.07) is 5.46. The van der Waals surface area contributed by atoms with Gasteiger partial charge in [-0.2, -0.15) is 0 Å². The van der Waals surface area contributed by atoms with Crippen LogP contribution in [-0.2, 0) is 6.42 Å². The van der Waals surface area contributed by atoms with Gasteiger partial charge in [0.15, 0.2) is 0 Å². The van der Waals surface area contributed by atoms with E-state index in [1.165, 1.54) is 16.7 Å². The fraction of sp³-hybridized carbons (Fsp3) is 0.312. The minimum atomic E-state index is -0.281. The summed E-state index contributed by atoms with van der Waals surface area (Å²) in [7, 11) is 0. The van der Waals surface area contributed by atoms with Crippen LogP contribution >= 0.6 is 0 Å². The van der Waals surface area contributed by atoms with Gasteiger partial charge in [0.2, 0.25) is 0 Å². The fourth-order valence-corrected chi connectivity index (χ4v) is 2.20. The zero-order chi connectivity index (χ0) is 13.3. The maximum Gasteiger partial charge on any atom is 0.336 e. The van der Waals surface area contributed by atoms with E-state index in [2.05, 4.69) is 26.8 Å². The van der Waals surface area contributed by atoms with Gasteiger partial charge in [0.05, 0.1) is 0 Å². The molecule has 1 heterocycles. The molecule has 0 saturated heterocycles. The van der Waals surface area contributed by atoms with Crippen LogP contribution in [0.3, 0.4) is 0 Å². The summed E-state index contributed by atoms with van der Waals surface area (Å²) < 4.78 is 5.27. The molecule has 0 radical (unpaired) electrons. The van der Waals surface area contributed by atoms with Crippen LogP contribution in [-0.4, -0.2) is 0 Å². The van der Waals surface area contributed by atoms with Crippen LogP contribution in [0.25, 0.3) is 11.0 Å². The van der Waals surface area contributed by atoms with Crippen molar-refractivity contribution in [3.63, 3.8) is 0 Å². The van der Waals surface area contributed by atoms with Gasteiger partial charge in [0.25, 0.3) is 0 Å². The van der Waals surface area contributed by atoms with E-state index < -0.39 is 0 Å². The summed E-state index contributed by atoms with van der Waals surface area (Å²) in [6.45, 7) is 8.24. The van der Waals surface area contributed by atoms with E-state index in [4.69, 9.17) is 4.42 Å². The monoisotopic (exact) mass is 242 g/mol. The van der Waals surface area contributed by atoms with E-state index in [0.29, 0.717) is 5.58 Å². The average molecular weight is 242 g/mol. The Kier molecular flexibility index (Phi) is 3.37. The first-order chi connectivity index (χ1) is 8.49. The minimum absolute atomic E-state index is 0.281. The lowest BCUT2D eigenvalue weighted by Gasteiger charge is -2.10. The molecule has 2 heteroatoms. The van der Waals surface area contributed by atoms with Crippen LogP contribution in [0.1, 0.15) is 30.5 Å². The largest absolute Gasteiger partial charge is 0.423 e. The standard InChI is InChI=1S/C16H18O2/c1-10(2)5-7-13-11(3)6-8-14-16(13)12(4)9-15(17)18-14/h5-6,8-9H,7H2,1-4H3. The Bertz CT molecular complexity index is 671. The molecule has 0 aliphatic carbocycles. The number of benzene rings is 1. The molecule has 0 saturated carbocycles. The normalized spacial score (nSPS) is 10.7. The predicted molar refractivity (Wildman–Crippen MR) is 75.1 cm³/mol. The third-order valence-corrected chi connectivity index (χ3v) is 3.16. The number of allylic oxidation sites excluding steroid dienone is 2. The minimum Gasteiger partial charge on any atom is -0.423 e. The molecule has 0 fully saturated rings. The SMILES string of the molecule is CC(C)=CCc1c(C)ccc2oc(=O)cc(C)c12. The third-order valence-electron chi connectivity index (χ3n) is 3.16. The molecule has 0 aliphatic heterocycles. The van der Waals surface area contributed by atoms with Crippen molar-refractivity contribution in [1.82, 2.24) is 0 Å². The van der Waals surface area contributed by atoms with Crippen molar-refractivity contribution in [1.29, 1.82) is 0 Å². The second kappa shape index (κ2) is 4.81. The van der Waals surface area contributed by atoms with Crippen molar-refractivity contribution < 1.29 is 4.42 Å². The number of hydrogen-bond acceptors (Lipinski definition) is 2. The van der Waals surface area contributed by atoms with Gasteiger partial charge in [-0.15, -0.1) is 0 Å². The summed E-state index contributed by atoms with van der Waals surface area (Å²) in [5.74, 6) is 0. The molecule has 0 unspecified atom stereocenters. The van der Waals surface area contributed by atoms with E-state index in [9.17, 15) is 4.79 Å². The van der Waals surface area contributed by atoms with Crippen LogP contribution in [0.4, 0.5) is 0 Å². The summed E-state index contributed by atoms with van der Waals surface area (Å²) in [5.41, 5.74) is 5.16. The Morgan fingerprint density at radius 1 is 1.22 bits per heavy atom. The maximum atomic E-state index is 11.4. The van der Waals surface area contributed by atoms with E-state index >= 15 is 0 Å². The Labute approximate surface area is 107 Å². The lowest BCUT2D eigenvalue weighted by Crippen LogP contribution is -2.01. The van der Waals surface area contributed by atoms with Crippen molar-refractivity contribution in [2.75, 3.05) is 0 Å². The fourth-order valence-electron chi connectivity index (χ4n) is 2.20. The second-order valence-electron chi connectivity index (χ2n) is 4.97. The highest BCUT2D eigenvalue weighted by Gasteiger charge is 2.09. The molecule has 18 heavy (non-hydrogen) atoms. The van der Waals surface area contributed by atoms with Gasteiger partial charge in [0.1, 0.15) is 5.58 Å². The van der Waals surface area contributed by atoms with Gasteiger partial charge >= 0.3 is 5.63 Å². The first-order valence-corrected chi connectivity index (χ1v) is 6.15. The molecule has 1 aromatic heterocycles. The Hall–Kier alpha value is -1.83. The zero-order valence-corrected chi connectivity index (χ0v) is 11.3. The van der Waals surface area contributed by atoms with Crippen LogP contribution in [0.15, 0.2) is 39.1 Å². The molecule has 2 rings (SSSR count). The van der Waals surface area contributed by atoms with Gasteiger partial charge in [-0.3, -0.25) is 0 Å². The molecule has 2 aromatic rings. The number of rotatable bonds is 2. The van der Waals surface area contributed by atoms with Crippen LogP contribution in [0.5, 0.6) is 0 Å². The van der Waals surface area contributed by atoms with Gasteiger partial charge in [-0.25, -0.2) is 4.79 Å². The topological polar surface area (TPSA) is 30.2 Å². The molecule has 0 spiro atoms. The molecule has 2 nitrogen and oxygen atoms in total. The molecule has 0 N–H and O–H groups in total. The van der Waals surface area contributed by atoms with Crippen molar-refractivity contribution >= 4 is 11.0 Å². The smallest absolute Gasteiger partial charge is 0.336 e. The van der Waals surface area contributed by atoms with Crippen molar-refractivity contribution in [2.24, 2.45) is 0 Å². The van der Waals surface area contributed by atoms with E-state index in [1.54, 1.807) is 6.07 Å². The van der Waals surface area contributed by atoms with Gasteiger partial charge in [0, 0.05) is 11.5 Å². The highest BCUT2D eigenvalue weighted by atomic mass is 16.4. The Morgan fingerprint density at radius 3 is 2.61 bits per heavy atom. The van der Waals surface area contributed by atoms with Crippen molar-refractivity contribution in [3.05, 3.63) is 57.0 Å². The van der Waals surface area contributed by atoms with Gasteiger partial charge in [-0.05, 0) is 56.9 Å². The van der Waals surface area contributed by atoms with Gasteiger partial charge < -0.3 is 4.42 Å². The Balaban J connectivity index is 2.74. The second-order valence-corrected chi connectivity index (χ2v) is 4.97. The first-order valence-electron chi connectivity index (χ1n) is 6.15. The van der Waals surface area contributed by atoms with Crippen LogP contribution < -0.4 is 5.63 Å². The molecule has 1 aromatic carbocycles. The third kappa shape index (κ3) is 2.37. The number of aryl methyl sites for hydroxylation is 2. The summed E-state index contributed by atoms with van der Waals surface area (Å²) >= 11 is 0. The van der Waals surface area contributed by atoms with E-state index in [1.807, 2.05) is 19.1 Å². The zero-order valence-electron chi connectivity index (χ0n) is 11.3. The van der Waals surface area contributed by atoms with E-state index in [0.717, 1.165) is 17.4 Å². The van der Waals surface area contributed by atoms with Crippen LogP contribution in [0.2, 0.25) is 0 Å². The predicted octanol–water partition coefficient (Wildman–Crippen LogP) is 3.92. The lowest BCUT2D eigenvalue weighted by molar-refractivity contribution is 0.559. The number of hydrogen-bond donors (Lipinski definition) is 0. The van der Waals surface area contributed by atoms with Crippen molar-refractivity contribution in [2.45, 2.75) is 34.1 Å².